The van der Waals surface area contributed by atoms with Crippen LogP contribution in [0.1, 0.15) is 27.3 Å². The van der Waals surface area contributed by atoms with Gasteiger partial charge in [-0.1, -0.05) is 5.92 Å². The molecule has 148 valence electrons. The number of hydrogen-bond donors (Lipinski definition) is 1. The van der Waals surface area contributed by atoms with Crippen molar-refractivity contribution < 1.29 is 9.53 Å². The number of benzene rings is 1. The van der Waals surface area contributed by atoms with Crippen LogP contribution in [0.2, 0.25) is 0 Å². The standard InChI is InChI=1S/C23H18N4O2S/c1-29-20-8-5-17(6-9-20)4-7-19-16-30-23(25-19)26-22(28)21-3-2-14-27(21)15-18-10-12-24-13-11-18/h2-3,5-6,8-14,16H,15H2,1H3,(H,25,26,28). The average Bonchev–Trinajstić information content (AvgIpc) is 3.43. The van der Waals surface area contributed by atoms with E-state index in [9.17, 15) is 4.79 Å². The van der Waals surface area contributed by atoms with Crippen LogP contribution in [0.25, 0.3) is 0 Å². The molecule has 3 aromatic heterocycles. The zero-order valence-corrected chi connectivity index (χ0v) is 17.0. The van der Waals surface area contributed by atoms with Gasteiger partial charge in [0, 0.05) is 36.1 Å². The Morgan fingerprint density at radius 3 is 2.70 bits per heavy atom. The van der Waals surface area contributed by atoms with Crippen molar-refractivity contribution in [3.8, 4) is 17.6 Å². The summed E-state index contributed by atoms with van der Waals surface area (Å²) in [4.78, 5) is 21.1. The van der Waals surface area contributed by atoms with E-state index in [1.165, 1.54) is 11.3 Å². The number of nitrogens with zero attached hydrogens (tertiary/aromatic N) is 3. The fourth-order valence-electron chi connectivity index (χ4n) is 2.80. The van der Waals surface area contributed by atoms with Crippen LogP contribution in [0.3, 0.4) is 0 Å². The lowest BCUT2D eigenvalue weighted by Gasteiger charge is -2.08. The first kappa shape index (κ1) is 19.4. The Morgan fingerprint density at radius 2 is 1.93 bits per heavy atom. The Morgan fingerprint density at radius 1 is 1.13 bits per heavy atom. The number of carbonyl (C=O) groups is 1. The third-order valence-electron chi connectivity index (χ3n) is 4.31. The van der Waals surface area contributed by atoms with Gasteiger partial charge < -0.3 is 9.30 Å². The van der Waals surface area contributed by atoms with Gasteiger partial charge in [-0.2, -0.15) is 0 Å². The Labute approximate surface area is 178 Å². The average molecular weight is 414 g/mol. The van der Waals surface area contributed by atoms with Crippen molar-refractivity contribution in [2.24, 2.45) is 0 Å². The van der Waals surface area contributed by atoms with Crippen molar-refractivity contribution in [1.29, 1.82) is 0 Å². The molecule has 0 aliphatic carbocycles. The number of carbonyl (C=O) groups excluding carboxylic acids is 1. The van der Waals surface area contributed by atoms with Crippen molar-refractivity contribution >= 4 is 22.4 Å². The smallest absolute Gasteiger partial charge is 0.274 e. The second kappa shape index (κ2) is 9.07. The molecule has 1 amide bonds. The van der Waals surface area contributed by atoms with Crippen molar-refractivity contribution in [2.75, 3.05) is 12.4 Å². The van der Waals surface area contributed by atoms with Crippen LogP contribution in [-0.2, 0) is 6.54 Å². The number of thiazole rings is 1. The molecular weight excluding hydrogens is 396 g/mol. The number of hydrogen-bond acceptors (Lipinski definition) is 5. The molecular formula is C23H18N4O2S. The molecule has 7 heteroatoms. The second-order valence-corrected chi connectivity index (χ2v) is 7.21. The van der Waals surface area contributed by atoms with Gasteiger partial charge in [-0.05, 0) is 60.0 Å². The summed E-state index contributed by atoms with van der Waals surface area (Å²) in [5, 5.41) is 5.19. The van der Waals surface area contributed by atoms with E-state index < -0.39 is 0 Å². The number of aromatic nitrogens is 3. The SMILES string of the molecule is COc1ccc(C#Cc2csc(NC(=O)c3cccn3Cc3ccncc3)n2)cc1. The van der Waals surface area contributed by atoms with Crippen molar-refractivity contribution in [1.82, 2.24) is 14.5 Å². The van der Waals surface area contributed by atoms with E-state index in [0.29, 0.717) is 23.1 Å². The molecule has 0 atom stereocenters. The number of ether oxygens (including phenoxy) is 1. The topological polar surface area (TPSA) is 69.0 Å². The summed E-state index contributed by atoms with van der Waals surface area (Å²) in [5.74, 6) is 6.65. The van der Waals surface area contributed by atoms with E-state index in [0.717, 1.165) is 16.9 Å². The first-order valence-electron chi connectivity index (χ1n) is 9.18. The van der Waals surface area contributed by atoms with Crippen LogP contribution < -0.4 is 10.1 Å². The minimum absolute atomic E-state index is 0.210. The Kier molecular flexibility index (Phi) is 5.88. The van der Waals surface area contributed by atoms with Gasteiger partial charge in [0.25, 0.3) is 5.91 Å². The number of rotatable bonds is 5. The van der Waals surface area contributed by atoms with Crippen LogP contribution in [-0.4, -0.2) is 27.6 Å². The zero-order chi connectivity index (χ0) is 20.8. The molecule has 0 bridgehead atoms. The summed E-state index contributed by atoms with van der Waals surface area (Å²) in [6, 6.07) is 15.0. The van der Waals surface area contributed by atoms with E-state index >= 15 is 0 Å². The molecule has 0 saturated carbocycles. The number of anilines is 1. The Bertz CT molecular complexity index is 1200. The summed E-state index contributed by atoms with van der Waals surface area (Å²) in [5.41, 5.74) is 3.11. The van der Waals surface area contributed by atoms with Crippen molar-refractivity contribution in [2.45, 2.75) is 6.54 Å². The highest BCUT2D eigenvalue weighted by atomic mass is 32.1. The molecule has 0 aliphatic heterocycles. The predicted octanol–water partition coefficient (Wildman–Crippen LogP) is 4.05. The minimum Gasteiger partial charge on any atom is -0.497 e. The highest BCUT2D eigenvalue weighted by Crippen LogP contribution is 2.17. The third-order valence-corrected chi connectivity index (χ3v) is 5.07. The van der Waals surface area contributed by atoms with Gasteiger partial charge in [0.15, 0.2) is 5.13 Å². The first-order chi connectivity index (χ1) is 14.7. The number of methoxy groups -OCH3 is 1. The fraction of sp³-hybridized carbons (Fsp3) is 0.0870. The highest BCUT2D eigenvalue weighted by molar-refractivity contribution is 7.14. The number of pyridine rings is 1. The summed E-state index contributed by atoms with van der Waals surface area (Å²) in [6.45, 7) is 0.592. The lowest BCUT2D eigenvalue weighted by Crippen LogP contribution is -2.17. The third kappa shape index (κ3) is 4.74. The fourth-order valence-corrected chi connectivity index (χ4v) is 3.44. The van der Waals surface area contributed by atoms with Crippen molar-refractivity contribution in [3.63, 3.8) is 0 Å². The van der Waals surface area contributed by atoms with Crippen molar-refractivity contribution in [3.05, 3.63) is 95.0 Å². The molecule has 4 aromatic rings. The molecule has 0 unspecified atom stereocenters. The molecule has 30 heavy (non-hydrogen) atoms. The molecule has 4 rings (SSSR count). The molecule has 3 heterocycles. The monoisotopic (exact) mass is 414 g/mol. The molecule has 6 nitrogen and oxygen atoms in total. The molecule has 0 radical (unpaired) electrons. The maximum absolute atomic E-state index is 12.7. The Hall–Kier alpha value is -3.89. The summed E-state index contributed by atoms with van der Waals surface area (Å²) in [7, 11) is 1.63. The molecule has 1 aromatic carbocycles. The highest BCUT2D eigenvalue weighted by Gasteiger charge is 2.13. The number of amides is 1. The van der Waals surface area contributed by atoms with Gasteiger partial charge >= 0.3 is 0 Å². The van der Waals surface area contributed by atoms with Crippen LogP contribution >= 0.6 is 11.3 Å². The maximum Gasteiger partial charge on any atom is 0.274 e. The lowest BCUT2D eigenvalue weighted by molar-refractivity contribution is 0.101. The number of nitrogens with one attached hydrogen (secondary N) is 1. The van der Waals surface area contributed by atoms with Crippen LogP contribution in [0.5, 0.6) is 5.75 Å². The Balaban J connectivity index is 1.42. The zero-order valence-electron chi connectivity index (χ0n) is 16.2. The lowest BCUT2D eigenvalue weighted by atomic mass is 10.2. The normalized spacial score (nSPS) is 10.2. The van der Waals surface area contributed by atoms with Gasteiger partial charge in [0.2, 0.25) is 0 Å². The predicted molar refractivity (Wildman–Crippen MR) is 117 cm³/mol. The van der Waals surface area contributed by atoms with Crippen LogP contribution in [0, 0.1) is 11.8 Å². The van der Waals surface area contributed by atoms with Crippen LogP contribution in [0.15, 0.2) is 72.5 Å². The van der Waals surface area contributed by atoms with E-state index in [4.69, 9.17) is 4.74 Å². The van der Waals surface area contributed by atoms with Gasteiger partial charge in [0.05, 0.1) is 7.11 Å². The van der Waals surface area contributed by atoms with E-state index in [2.05, 4.69) is 27.1 Å². The van der Waals surface area contributed by atoms with E-state index in [1.807, 2.05) is 58.6 Å². The second-order valence-electron chi connectivity index (χ2n) is 6.35. The molecule has 0 saturated heterocycles. The molecule has 0 aliphatic rings. The first-order valence-corrected chi connectivity index (χ1v) is 10.1. The maximum atomic E-state index is 12.7. The largest absolute Gasteiger partial charge is 0.497 e. The molecule has 0 spiro atoms. The van der Waals surface area contributed by atoms with E-state index in [1.54, 1.807) is 25.6 Å². The summed E-state index contributed by atoms with van der Waals surface area (Å²) >= 11 is 1.34. The summed E-state index contributed by atoms with van der Waals surface area (Å²) in [6.07, 6.45) is 5.36. The summed E-state index contributed by atoms with van der Waals surface area (Å²) < 4.78 is 7.03. The van der Waals surface area contributed by atoms with Crippen LogP contribution in [0.4, 0.5) is 5.13 Å². The quantitative estimate of drug-likeness (QED) is 0.500. The minimum atomic E-state index is -0.210. The van der Waals surface area contributed by atoms with Gasteiger partial charge in [-0.3, -0.25) is 15.1 Å². The molecule has 1 N–H and O–H groups in total. The van der Waals surface area contributed by atoms with Gasteiger partial charge in [0.1, 0.15) is 17.1 Å². The molecule has 0 fully saturated rings. The van der Waals surface area contributed by atoms with Gasteiger partial charge in [-0.15, -0.1) is 11.3 Å². The van der Waals surface area contributed by atoms with E-state index in [-0.39, 0.29) is 5.91 Å². The van der Waals surface area contributed by atoms with Gasteiger partial charge in [-0.25, -0.2) is 4.98 Å².